The van der Waals surface area contributed by atoms with Gasteiger partial charge in [0, 0.05) is 62.3 Å². The predicted octanol–water partition coefficient (Wildman–Crippen LogP) is 2.33. The Morgan fingerprint density at radius 1 is 0.516 bits per heavy atom. The van der Waals surface area contributed by atoms with Gasteiger partial charge in [-0.05, 0) is 116 Å². The van der Waals surface area contributed by atoms with Crippen LogP contribution >= 0.6 is 0 Å². The van der Waals surface area contributed by atoms with E-state index >= 15 is 28.8 Å². The number of aliphatic hydroxyl groups is 2. The molecule has 1 fully saturated rings. The van der Waals surface area contributed by atoms with E-state index in [0.717, 1.165) is 14.7 Å². The Hall–Kier alpha value is -6.25. The number of hydrogen-bond donors (Lipinski definition) is 6. The van der Waals surface area contributed by atoms with E-state index in [-0.39, 0.29) is 62.9 Å². The largest absolute Gasteiger partial charge is 0.390 e. The van der Waals surface area contributed by atoms with E-state index < -0.39 is 168 Å². The number of aliphatic hydroxyl groups excluding tert-OH is 1. The van der Waals surface area contributed by atoms with Crippen molar-refractivity contribution < 1.29 is 67.7 Å². The number of allylic oxidation sites excluding steroid dienone is 2. The highest BCUT2D eigenvalue weighted by atomic mass is 16.5. The lowest BCUT2D eigenvalue weighted by molar-refractivity contribution is -0.157. The highest BCUT2D eigenvalue weighted by Crippen LogP contribution is 2.26. The van der Waals surface area contributed by atoms with Crippen LogP contribution in [0, 0.1) is 35.5 Å². The molecule has 26 nitrogen and oxygen atoms in total. The second-order valence-electron chi connectivity index (χ2n) is 28.6. The maximum atomic E-state index is 15.3. The van der Waals surface area contributed by atoms with Crippen LogP contribution in [0.4, 0.5) is 0 Å². The van der Waals surface area contributed by atoms with Gasteiger partial charge in [0.15, 0.2) is 0 Å². The summed E-state index contributed by atoms with van der Waals surface area (Å²) in [4.78, 5) is 174. The van der Waals surface area contributed by atoms with Gasteiger partial charge >= 0.3 is 0 Å². The van der Waals surface area contributed by atoms with Gasteiger partial charge in [0.1, 0.15) is 66.5 Å². The highest BCUT2D eigenvalue weighted by Gasteiger charge is 2.47. The highest BCUT2D eigenvalue weighted by molar-refractivity contribution is 6.00. The van der Waals surface area contributed by atoms with Crippen LogP contribution in [0.3, 0.4) is 0 Å². The minimum atomic E-state index is -1.68. The second kappa shape index (κ2) is 38.3. The Bertz CT molecular complexity index is 2540. The number of ether oxygens (including phenoxy) is 1. The van der Waals surface area contributed by atoms with E-state index in [9.17, 15) is 34.2 Å². The van der Waals surface area contributed by atoms with Gasteiger partial charge in [0.25, 0.3) is 0 Å². The third kappa shape index (κ3) is 24.8. The standard InChI is InChI=1S/C67H122N12O14/c1-27-29-30-43(13)55(80)54-59(84)70-46(28-2)61(86)77(24)51(37-93-32-31-72(18)19)64(89)76(23)50(36-67(16,17)92)58(83)71-52(41(9)10)65(90)73(20)47(33-38(3)4)57(82)68-44(14)56(81)69-45(15)60(85)74(21)48(34-39(5)6)62(87)75(22)49(35-40(7)8)63(88)78(25)53(42(11)12)66(91)79(54)26/h27,29,38-55,80,92H,28,30-37H2,1-26H3,(H,68,82)(H,69,81)(H,70,84)(H,71,83)/t43-,44+,45-,46+,47+,48+,49+,50+,51-,52+,53+,54+,55-/m1/s1. The summed E-state index contributed by atoms with van der Waals surface area (Å²) in [6, 6.07) is -14.7. The Morgan fingerprint density at radius 2 is 0.946 bits per heavy atom. The van der Waals surface area contributed by atoms with Crippen molar-refractivity contribution in [2.24, 2.45) is 35.5 Å². The number of carbonyl (C=O) groups is 11. The van der Waals surface area contributed by atoms with E-state index in [0.29, 0.717) is 6.54 Å². The van der Waals surface area contributed by atoms with Crippen molar-refractivity contribution in [1.29, 1.82) is 0 Å². The van der Waals surface area contributed by atoms with Crippen molar-refractivity contribution in [3.05, 3.63) is 12.2 Å². The quantitative estimate of drug-likeness (QED) is 0.0753. The molecule has 1 heterocycles. The van der Waals surface area contributed by atoms with E-state index in [1.165, 1.54) is 96.6 Å². The zero-order valence-electron chi connectivity index (χ0n) is 61.3. The third-order valence-corrected chi connectivity index (χ3v) is 17.3. The second-order valence-corrected chi connectivity index (χ2v) is 28.6. The molecule has 13 atom stereocenters. The molecule has 0 aromatic rings. The van der Waals surface area contributed by atoms with Gasteiger partial charge in [-0.15, -0.1) is 0 Å². The van der Waals surface area contributed by atoms with Crippen LogP contribution < -0.4 is 21.3 Å². The fraction of sp³-hybridized carbons (Fsp3) is 0.806. The first-order chi connectivity index (χ1) is 42.8. The molecule has 93 heavy (non-hydrogen) atoms. The molecule has 0 aromatic heterocycles. The minimum Gasteiger partial charge on any atom is -0.390 e. The number of nitrogens with zero attached hydrogens (tertiary/aromatic N) is 8. The Morgan fingerprint density at radius 3 is 1.41 bits per heavy atom. The number of rotatable bonds is 20. The summed E-state index contributed by atoms with van der Waals surface area (Å²) in [6.45, 7) is 28.9. The molecule has 26 heteroatoms. The van der Waals surface area contributed by atoms with Crippen molar-refractivity contribution in [3.63, 3.8) is 0 Å². The molecule has 0 aromatic carbocycles. The van der Waals surface area contributed by atoms with Crippen molar-refractivity contribution in [1.82, 2.24) is 60.5 Å². The molecular weight excluding hydrogens is 1200 g/mol. The van der Waals surface area contributed by atoms with Crippen LogP contribution in [-0.4, -0.2) is 276 Å². The summed E-state index contributed by atoms with van der Waals surface area (Å²) in [5.41, 5.74) is -1.61. The van der Waals surface area contributed by atoms with E-state index in [4.69, 9.17) is 4.74 Å². The molecule has 0 unspecified atom stereocenters. The first kappa shape index (κ1) is 84.8. The number of amides is 11. The molecule has 1 aliphatic rings. The lowest BCUT2D eigenvalue weighted by Crippen LogP contribution is -2.64. The lowest BCUT2D eigenvalue weighted by atomic mass is 9.91. The maximum Gasteiger partial charge on any atom is 0.248 e. The molecule has 11 amide bonds. The van der Waals surface area contributed by atoms with E-state index in [1.54, 1.807) is 60.6 Å². The SMILES string of the molecule is CC=CC[C@@H](C)[C@@H](O)[C@H]1C(=O)N[C@@H](CC)C(=O)N(C)[C@H](COCCN(C)C)C(=O)N(C)[C@@H](CC(C)(C)O)C(=O)N[C@@H](C(C)C)C(=O)N(C)[C@@H](CC(C)C)C(=O)N[C@@H](C)C(=O)N[C@H](C)C(=O)N(C)[C@@H](CC(C)C)C(=O)N(C)[C@@H](CC(C)C)C(=O)N(C)[C@@H](C(C)C)C(=O)N1C. The molecule has 1 saturated heterocycles. The predicted molar refractivity (Wildman–Crippen MR) is 358 cm³/mol. The normalized spacial score (nSPS) is 26.6. The molecule has 0 spiro atoms. The molecule has 0 aliphatic carbocycles. The van der Waals surface area contributed by atoms with Crippen LogP contribution in [0.25, 0.3) is 0 Å². The van der Waals surface area contributed by atoms with Crippen LogP contribution in [-0.2, 0) is 57.5 Å². The summed E-state index contributed by atoms with van der Waals surface area (Å²) in [5.74, 6) is -10.6. The fourth-order valence-electron chi connectivity index (χ4n) is 11.4. The minimum absolute atomic E-state index is 0.0609. The van der Waals surface area contributed by atoms with Crippen molar-refractivity contribution in [2.45, 2.75) is 234 Å². The van der Waals surface area contributed by atoms with Crippen LogP contribution in [0.1, 0.15) is 156 Å². The smallest absolute Gasteiger partial charge is 0.248 e. The molecule has 0 bridgehead atoms. The zero-order chi connectivity index (χ0) is 72.2. The first-order valence-electron chi connectivity index (χ1n) is 33.1. The Balaban J connectivity index is 4.56. The summed E-state index contributed by atoms with van der Waals surface area (Å²) in [7, 11) is 13.3. The molecule has 0 radical (unpaired) electrons. The summed E-state index contributed by atoms with van der Waals surface area (Å²) >= 11 is 0. The molecular formula is C67H122N12O14. The topological polar surface area (TPSA) is 312 Å². The van der Waals surface area contributed by atoms with Crippen LogP contribution in [0.15, 0.2) is 12.2 Å². The van der Waals surface area contributed by atoms with Crippen molar-refractivity contribution in [2.75, 3.05) is 83.2 Å². The summed E-state index contributed by atoms with van der Waals surface area (Å²) < 4.78 is 6.05. The summed E-state index contributed by atoms with van der Waals surface area (Å²) in [6.07, 6.45) is 2.22. The number of hydrogen-bond acceptors (Lipinski definition) is 15. The molecule has 1 aliphatic heterocycles. The molecule has 0 saturated carbocycles. The number of likely N-dealkylation sites (N-methyl/N-ethyl adjacent to an activating group) is 8. The monoisotopic (exact) mass is 1320 g/mol. The Kier molecular flexibility index (Phi) is 34.9. The first-order valence-corrected chi connectivity index (χ1v) is 33.1. The van der Waals surface area contributed by atoms with Gasteiger partial charge in [-0.2, -0.15) is 0 Å². The van der Waals surface area contributed by atoms with E-state index in [2.05, 4.69) is 21.3 Å². The van der Waals surface area contributed by atoms with Gasteiger partial charge in [0.2, 0.25) is 65.0 Å². The van der Waals surface area contributed by atoms with Gasteiger partial charge < -0.3 is 75.4 Å². The number of nitrogens with one attached hydrogen (secondary N) is 4. The molecule has 1 rings (SSSR count). The van der Waals surface area contributed by atoms with Gasteiger partial charge in [-0.25, -0.2) is 0 Å². The zero-order valence-corrected chi connectivity index (χ0v) is 61.3. The van der Waals surface area contributed by atoms with Crippen molar-refractivity contribution >= 4 is 65.0 Å². The average Bonchev–Trinajstić information content (AvgIpc) is 0.814. The van der Waals surface area contributed by atoms with E-state index in [1.807, 2.05) is 60.5 Å². The fourth-order valence-corrected chi connectivity index (χ4v) is 11.4. The third-order valence-electron chi connectivity index (χ3n) is 17.3. The Labute approximate surface area is 556 Å². The van der Waals surface area contributed by atoms with Crippen LogP contribution in [0.5, 0.6) is 0 Å². The maximum absolute atomic E-state index is 15.3. The van der Waals surface area contributed by atoms with Gasteiger partial charge in [0.05, 0.1) is 24.9 Å². The lowest BCUT2D eigenvalue weighted by Gasteiger charge is -2.41. The van der Waals surface area contributed by atoms with Gasteiger partial charge in [-0.3, -0.25) is 52.7 Å². The summed E-state index contributed by atoms with van der Waals surface area (Å²) in [5, 5.41) is 34.6. The number of carbonyl (C=O) groups excluding carboxylic acids is 11. The van der Waals surface area contributed by atoms with Crippen LogP contribution in [0.2, 0.25) is 0 Å². The average molecular weight is 1320 g/mol. The molecule has 6 N–H and O–H groups in total. The molecule has 534 valence electrons. The van der Waals surface area contributed by atoms with Gasteiger partial charge in [-0.1, -0.05) is 95.2 Å². The van der Waals surface area contributed by atoms with Crippen molar-refractivity contribution in [3.8, 4) is 0 Å².